The Bertz CT molecular complexity index is 736. The molecule has 0 saturated carbocycles. The fourth-order valence-electron chi connectivity index (χ4n) is 2.32. The number of piperazine rings is 1. The highest BCUT2D eigenvalue weighted by atomic mass is 19.1. The summed E-state index contributed by atoms with van der Waals surface area (Å²) in [5, 5.41) is 7.29. The second-order valence-electron chi connectivity index (χ2n) is 4.99. The molecule has 0 unspecified atom stereocenters. The zero-order valence-electron chi connectivity index (χ0n) is 11.8. The number of rotatable bonds is 2. The van der Waals surface area contributed by atoms with Gasteiger partial charge in [0.25, 0.3) is 11.5 Å². The van der Waals surface area contributed by atoms with Crippen LogP contribution in [0.15, 0.2) is 41.2 Å². The summed E-state index contributed by atoms with van der Waals surface area (Å²) in [6.45, 7) is 2.69. The van der Waals surface area contributed by atoms with Gasteiger partial charge in [-0.25, -0.2) is 4.39 Å². The lowest BCUT2D eigenvalue weighted by atomic mass is 10.3. The summed E-state index contributed by atoms with van der Waals surface area (Å²) in [6, 6.07) is 8.10. The van der Waals surface area contributed by atoms with E-state index in [4.69, 9.17) is 0 Å². The van der Waals surface area contributed by atoms with Gasteiger partial charge in [-0.15, -0.1) is 0 Å². The van der Waals surface area contributed by atoms with Crippen LogP contribution in [-0.4, -0.2) is 46.8 Å². The molecule has 1 amide bonds. The highest BCUT2D eigenvalue weighted by Crippen LogP contribution is 2.07. The Kier molecular flexibility index (Phi) is 3.97. The van der Waals surface area contributed by atoms with E-state index in [1.807, 2.05) is 0 Å². The van der Waals surface area contributed by atoms with Crippen molar-refractivity contribution in [2.45, 2.75) is 0 Å². The summed E-state index contributed by atoms with van der Waals surface area (Å²) in [5.41, 5.74) is 0.246. The number of hydrogen-bond acceptors (Lipinski definition) is 4. The van der Waals surface area contributed by atoms with E-state index in [2.05, 4.69) is 10.4 Å². The minimum Gasteiger partial charge on any atom is -0.335 e. The molecule has 1 aromatic carbocycles. The van der Waals surface area contributed by atoms with Crippen LogP contribution < -0.4 is 10.9 Å². The van der Waals surface area contributed by atoms with Crippen LogP contribution in [0.1, 0.15) is 10.5 Å². The number of nitrogens with zero attached hydrogens (tertiary/aromatic N) is 3. The van der Waals surface area contributed by atoms with E-state index < -0.39 is 5.82 Å². The van der Waals surface area contributed by atoms with Crippen molar-refractivity contribution in [3.63, 3.8) is 0 Å². The Morgan fingerprint density at radius 2 is 1.77 bits per heavy atom. The maximum atomic E-state index is 13.0. The fraction of sp³-hybridized carbons (Fsp3) is 0.267. The topological polar surface area (TPSA) is 67.2 Å². The maximum Gasteiger partial charge on any atom is 0.274 e. The predicted molar refractivity (Wildman–Crippen MR) is 78.6 cm³/mol. The molecule has 3 rings (SSSR count). The van der Waals surface area contributed by atoms with Crippen molar-refractivity contribution in [1.82, 2.24) is 20.0 Å². The number of carbonyl (C=O) groups excluding carboxylic acids is 1. The standard InChI is InChI=1S/C15H15FN4O2/c16-11-1-3-12(4-2-11)20-14(21)6-5-13(18-20)15(22)19-9-7-17-8-10-19/h1-6,17H,7-10H2. The molecule has 2 heterocycles. The van der Waals surface area contributed by atoms with E-state index in [0.29, 0.717) is 18.8 Å². The minimum absolute atomic E-state index is 0.200. The van der Waals surface area contributed by atoms with Gasteiger partial charge in [0, 0.05) is 32.2 Å². The summed E-state index contributed by atoms with van der Waals surface area (Å²) in [4.78, 5) is 26.0. The fourth-order valence-corrected chi connectivity index (χ4v) is 2.32. The molecule has 7 heteroatoms. The van der Waals surface area contributed by atoms with Crippen LogP contribution in [0.4, 0.5) is 4.39 Å². The van der Waals surface area contributed by atoms with Gasteiger partial charge in [-0.1, -0.05) is 0 Å². The highest BCUT2D eigenvalue weighted by Gasteiger charge is 2.20. The summed E-state index contributed by atoms with van der Waals surface area (Å²) in [7, 11) is 0. The van der Waals surface area contributed by atoms with E-state index in [1.165, 1.54) is 36.4 Å². The molecular formula is C15H15FN4O2. The molecule has 0 spiro atoms. The number of aromatic nitrogens is 2. The van der Waals surface area contributed by atoms with E-state index in [-0.39, 0.29) is 17.2 Å². The predicted octanol–water partition coefficient (Wildman–Crippen LogP) is 0.417. The molecule has 1 aromatic heterocycles. The van der Waals surface area contributed by atoms with Crippen molar-refractivity contribution < 1.29 is 9.18 Å². The van der Waals surface area contributed by atoms with Gasteiger partial charge in [-0.3, -0.25) is 9.59 Å². The lowest BCUT2D eigenvalue weighted by Gasteiger charge is -2.27. The summed E-state index contributed by atoms with van der Waals surface area (Å²) in [5.74, 6) is -0.609. The quantitative estimate of drug-likeness (QED) is 0.873. The van der Waals surface area contributed by atoms with Gasteiger partial charge < -0.3 is 10.2 Å². The highest BCUT2D eigenvalue weighted by molar-refractivity contribution is 5.92. The van der Waals surface area contributed by atoms with E-state index >= 15 is 0 Å². The third-order valence-electron chi connectivity index (χ3n) is 3.49. The van der Waals surface area contributed by atoms with Crippen molar-refractivity contribution in [3.05, 3.63) is 58.3 Å². The molecule has 114 valence electrons. The molecule has 1 saturated heterocycles. The van der Waals surface area contributed by atoms with Crippen LogP contribution in [0.3, 0.4) is 0 Å². The first-order valence-electron chi connectivity index (χ1n) is 7.01. The first-order chi connectivity index (χ1) is 10.6. The molecule has 1 fully saturated rings. The molecule has 1 aliphatic rings. The molecule has 2 aromatic rings. The van der Waals surface area contributed by atoms with Gasteiger partial charge in [-0.05, 0) is 30.3 Å². The van der Waals surface area contributed by atoms with Gasteiger partial charge >= 0.3 is 0 Å². The monoisotopic (exact) mass is 302 g/mol. The van der Waals surface area contributed by atoms with Crippen molar-refractivity contribution in [2.24, 2.45) is 0 Å². The minimum atomic E-state index is -0.398. The third kappa shape index (κ3) is 2.89. The van der Waals surface area contributed by atoms with E-state index in [9.17, 15) is 14.0 Å². The molecule has 1 aliphatic heterocycles. The molecule has 6 nitrogen and oxygen atoms in total. The van der Waals surface area contributed by atoms with Crippen molar-refractivity contribution in [3.8, 4) is 5.69 Å². The Morgan fingerprint density at radius 1 is 1.09 bits per heavy atom. The van der Waals surface area contributed by atoms with Crippen LogP contribution in [0, 0.1) is 5.82 Å². The molecular weight excluding hydrogens is 287 g/mol. The Labute approximate surface area is 126 Å². The smallest absolute Gasteiger partial charge is 0.274 e. The van der Waals surface area contributed by atoms with Crippen molar-refractivity contribution >= 4 is 5.91 Å². The van der Waals surface area contributed by atoms with Gasteiger partial charge in [0.05, 0.1) is 5.69 Å². The SMILES string of the molecule is O=C(c1ccc(=O)n(-c2ccc(F)cc2)n1)N1CCNCC1. The number of benzene rings is 1. The summed E-state index contributed by atoms with van der Waals surface area (Å²) < 4.78 is 14.1. The zero-order valence-corrected chi connectivity index (χ0v) is 11.8. The Morgan fingerprint density at radius 3 is 2.45 bits per heavy atom. The largest absolute Gasteiger partial charge is 0.335 e. The van der Waals surface area contributed by atoms with Crippen molar-refractivity contribution in [1.29, 1.82) is 0 Å². The van der Waals surface area contributed by atoms with Crippen LogP contribution in [0.25, 0.3) is 5.69 Å². The lowest BCUT2D eigenvalue weighted by molar-refractivity contribution is 0.0728. The first kappa shape index (κ1) is 14.4. The Balaban J connectivity index is 1.94. The number of carbonyl (C=O) groups is 1. The van der Waals surface area contributed by atoms with E-state index in [0.717, 1.165) is 17.8 Å². The summed E-state index contributed by atoms with van der Waals surface area (Å²) in [6.07, 6.45) is 0. The van der Waals surface area contributed by atoms with Crippen LogP contribution in [0.2, 0.25) is 0 Å². The zero-order chi connectivity index (χ0) is 15.5. The average Bonchev–Trinajstić information content (AvgIpc) is 2.56. The molecule has 1 N–H and O–H groups in total. The van der Waals surface area contributed by atoms with Crippen LogP contribution >= 0.6 is 0 Å². The Hall–Kier alpha value is -2.54. The number of amides is 1. The summed E-state index contributed by atoms with van der Waals surface area (Å²) >= 11 is 0. The van der Waals surface area contributed by atoms with E-state index in [1.54, 1.807) is 4.90 Å². The number of hydrogen-bond donors (Lipinski definition) is 1. The third-order valence-corrected chi connectivity index (χ3v) is 3.49. The van der Waals surface area contributed by atoms with Gasteiger partial charge in [0.2, 0.25) is 0 Å². The second kappa shape index (κ2) is 6.07. The van der Waals surface area contributed by atoms with Gasteiger partial charge in [0.1, 0.15) is 11.5 Å². The average molecular weight is 302 g/mol. The van der Waals surface area contributed by atoms with Gasteiger partial charge in [-0.2, -0.15) is 9.78 Å². The van der Waals surface area contributed by atoms with Gasteiger partial charge in [0.15, 0.2) is 0 Å². The van der Waals surface area contributed by atoms with Crippen molar-refractivity contribution in [2.75, 3.05) is 26.2 Å². The van der Waals surface area contributed by atoms with Crippen LogP contribution in [0.5, 0.6) is 0 Å². The first-order valence-corrected chi connectivity index (χ1v) is 7.01. The molecule has 0 aliphatic carbocycles. The molecule has 22 heavy (non-hydrogen) atoms. The lowest BCUT2D eigenvalue weighted by Crippen LogP contribution is -2.46. The second-order valence-corrected chi connectivity index (χ2v) is 4.99. The maximum absolute atomic E-state index is 13.0. The number of nitrogens with one attached hydrogen (secondary N) is 1. The molecule has 0 bridgehead atoms. The van der Waals surface area contributed by atoms with Crippen LogP contribution in [-0.2, 0) is 0 Å². The molecule has 0 atom stereocenters. The number of halogens is 1. The normalized spacial score (nSPS) is 14.9. The molecule has 0 radical (unpaired) electrons.